The number of thiophene rings is 1. The second-order valence-electron chi connectivity index (χ2n) is 7.72. The van der Waals surface area contributed by atoms with Gasteiger partial charge in [0.1, 0.15) is 18.0 Å². The average molecular weight is 455 g/mol. The highest BCUT2D eigenvalue weighted by Gasteiger charge is 2.28. The number of halogens is 2. The van der Waals surface area contributed by atoms with E-state index in [1.807, 2.05) is 30.3 Å². The summed E-state index contributed by atoms with van der Waals surface area (Å²) in [6.45, 7) is 1.83. The molecule has 0 bridgehead atoms. The highest BCUT2D eigenvalue weighted by molar-refractivity contribution is 7.26. The summed E-state index contributed by atoms with van der Waals surface area (Å²) in [4.78, 5) is 23.8. The molecule has 0 unspecified atom stereocenters. The van der Waals surface area contributed by atoms with Gasteiger partial charge in [0.2, 0.25) is 5.91 Å². The number of carbonyl (C=O) groups is 1. The molecule has 1 N–H and O–H groups in total. The van der Waals surface area contributed by atoms with Crippen LogP contribution in [0.5, 0.6) is 0 Å². The van der Waals surface area contributed by atoms with Crippen molar-refractivity contribution < 1.29 is 9.18 Å². The van der Waals surface area contributed by atoms with E-state index in [0.717, 1.165) is 40.2 Å². The maximum absolute atomic E-state index is 14.4. The van der Waals surface area contributed by atoms with Gasteiger partial charge in [-0.1, -0.05) is 29.8 Å². The summed E-state index contributed by atoms with van der Waals surface area (Å²) in [5.74, 6) is 0.393. The lowest BCUT2D eigenvalue weighted by molar-refractivity contribution is -0.125. The Hall–Kier alpha value is -2.77. The van der Waals surface area contributed by atoms with Crippen LogP contribution in [0.4, 0.5) is 10.2 Å². The highest BCUT2D eigenvalue weighted by Crippen LogP contribution is 2.39. The summed E-state index contributed by atoms with van der Waals surface area (Å²) in [6, 6.07) is 12.6. The highest BCUT2D eigenvalue weighted by atomic mass is 35.5. The molecule has 0 saturated carbocycles. The predicted octanol–water partition coefficient (Wildman–Crippen LogP) is 5.17. The summed E-state index contributed by atoms with van der Waals surface area (Å²) < 4.78 is 16.1. The van der Waals surface area contributed by atoms with Crippen molar-refractivity contribution in [3.05, 3.63) is 65.2 Å². The quantitative estimate of drug-likeness (QED) is 0.462. The topological polar surface area (TPSA) is 58.1 Å². The van der Waals surface area contributed by atoms with Crippen molar-refractivity contribution >= 4 is 55.0 Å². The zero-order valence-electron chi connectivity index (χ0n) is 16.6. The van der Waals surface area contributed by atoms with Gasteiger partial charge in [-0.05, 0) is 42.7 Å². The number of nitrogens with zero attached hydrogens (tertiary/aromatic N) is 3. The summed E-state index contributed by atoms with van der Waals surface area (Å²) in [5.41, 5.74) is 1.61. The van der Waals surface area contributed by atoms with E-state index in [2.05, 4.69) is 20.2 Å². The Morgan fingerprint density at radius 2 is 2.13 bits per heavy atom. The first-order valence-electron chi connectivity index (χ1n) is 10.2. The van der Waals surface area contributed by atoms with E-state index in [4.69, 9.17) is 11.6 Å². The Balaban J connectivity index is 1.37. The van der Waals surface area contributed by atoms with Gasteiger partial charge in [-0.2, -0.15) is 0 Å². The molecule has 3 heterocycles. The van der Waals surface area contributed by atoms with Crippen LogP contribution in [0.25, 0.3) is 20.3 Å². The summed E-state index contributed by atoms with van der Waals surface area (Å²) in [7, 11) is 0. The molecule has 1 fully saturated rings. The number of hydrogen-bond donors (Lipinski definition) is 1. The molecular weight excluding hydrogens is 435 g/mol. The van der Waals surface area contributed by atoms with Crippen LogP contribution < -0.4 is 10.2 Å². The Kier molecular flexibility index (Phi) is 5.46. The van der Waals surface area contributed by atoms with E-state index < -0.39 is 0 Å². The lowest BCUT2D eigenvalue weighted by Crippen LogP contribution is -2.43. The molecule has 0 spiro atoms. The number of piperidine rings is 1. The molecule has 158 valence electrons. The second-order valence-corrected chi connectivity index (χ2v) is 9.21. The Labute approximate surface area is 187 Å². The Morgan fingerprint density at radius 3 is 3.00 bits per heavy atom. The largest absolute Gasteiger partial charge is 0.355 e. The maximum Gasteiger partial charge on any atom is 0.225 e. The second kappa shape index (κ2) is 8.40. The van der Waals surface area contributed by atoms with Gasteiger partial charge >= 0.3 is 0 Å². The lowest BCUT2D eigenvalue weighted by atomic mass is 9.97. The van der Waals surface area contributed by atoms with Crippen LogP contribution in [-0.2, 0) is 11.3 Å². The van der Waals surface area contributed by atoms with Crippen molar-refractivity contribution in [2.45, 2.75) is 19.4 Å². The minimum absolute atomic E-state index is 0.0253. The molecule has 1 aliphatic heterocycles. The molecule has 1 saturated heterocycles. The SMILES string of the molecule is O=C(NCc1cccc(Cl)c1)[C@@H]1CCCN(c2ncnc3c2sc2cccc(F)c23)C1. The third kappa shape index (κ3) is 3.95. The number of benzene rings is 2. The summed E-state index contributed by atoms with van der Waals surface area (Å²) in [5, 5.41) is 4.23. The maximum atomic E-state index is 14.4. The molecule has 0 aliphatic carbocycles. The smallest absolute Gasteiger partial charge is 0.225 e. The van der Waals surface area contributed by atoms with Crippen molar-refractivity contribution in [3.63, 3.8) is 0 Å². The zero-order valence-corrected chi connectivity index (χ0v) is 18.2. The van der Waals surface area contributed by atoms with Crippen molar-refractivity contribution in [3.8, 4) is 0 Å². The van der Waals surface area contributed by atoms with Gasteiger partial charge in [0.25, 0.3) is 0 Å². The van der Waals surface area contributed by atoms with E-state index in [9.17, 15) is 9.18 Å². The Bertz CT molecular complexity index is 1280. The van der Waals surface area contributed by atoms with E-state index in [0.29, 0.717) is 29.0 Å². The third-order valence-electron chi connectivity index (χ3n) is 5.66. The molecule has 2 aromatic heterocycles. The third-order valence-corrected chi connectivity index (χ3v) is 7.03. The van der Waals surface area contributed by atoms with Crippen LogP contribution in [0.3, 0.4) is 0 Å². The predicted molar refractivity (Wildman–Crippen MR) is 123 cm³/mol. The molecule has 5 rings (SSSR count). The molecule has 1 amide bonds. The zero-order chi connectivity index (χ0) is 21.4. The van der Waals surface area contributed by atoms with E-state index in [-0.39, 0.29) is 17.6 Å². The van der Waals surface area contributed by atoms with E-state index in [1.54, 1.807) is 6.07 Å². The molecular formula is C23H20ClFN4OS. The van der Waals surface area contributed by atoms with Crippen LogP contribution in [0.2, 0.25) is 5.02 Å². The van der Waals surface area contributed by atoms with Crippen LogP contribution in [0, 0.1) is 11.7 Å². The van der Waals surface area contributed by atoms with Gasteiger partial charge < -0.3 is 10.2 Å². The first-order valence-corrected chi connectivity index (χ1v) is 11.4. The average Bonchev–Trinajstić information content (AvgIpc) is 3.17. The standard InChI is InChI=1S/C23H20ClFN4OS/c24-16-6-1-4-14(10-16)11-26-23(30)15-5-3-9-29(12-15)22-21-20(27-13-28-22)19-17(25)7-2-8-18(19)31-21/h1-2,4,6-8,10,13,15H,3,5,9,11-12H2,(H,26,30)/t15-/m1/s1. The number of anilines is 1. The summed E-state index contributed by atoms with van der Waals surface area (Å²) in [6.07, 6.45) is 3.20. The van der Waals surface area contributed by atoms with Gasteiger partial charge in [0.05, 0.1) is 21.5 Å². The van der Waals surface area contributed by atoms with Crippen molar-refractivity contribution in [1.82, 2.24) is 15.3 Å². The van der Waals surface area contributed by atoms with Crippen LogP contribution in [-0.4, -0.2) is 29.0 Å². The Morgan fingerprint density at radius 1 is 1.26 bits per heavy atom. The molecule has 5 nitrogen and oxygen atoms in total. The molecule has 1 aliphatic rings. The molecule has 8 heteroatoms. The fourth-order valence-corrected chi connectivity index (χ4v) is 5.56. The lowest BCUT2D eigenvalue weighted by Gasteiger charge is -2.33. The first-order chi connectivity index (χ1) is 15.1. The van der Waals surface area contributed by atoms with E-state index >= 15 is 0 Å². The number of aromatic nitrogens is 2. The fraction of sp³-hybridized carbons (Fsp3) is 0.261. The van der Waals surface area contributed by atoms with Crippen LogP contribution >= 0.6 is 22.9 Å². The number of rotatable bonds is 4. The molecule has 4 aromatic rings. The number of fused-ring (bicyclic) bond motifs is 3. The van der Waals surface area contributed by atoms with E-state index in [1.165, 1.54) is 23.7 Å². The fourth-order valence-electron chi connectivity index (χ4n) is 4.15. The molecule has 1 atom stereocenters. The van der Waals surface area contributed by atoms with Crippen molar-refractivity contribution in [1.29, 1.82) is 0 Å². The summed E-state index contributed by atoms with van der Waals surface area (Å²) >= 11 is 7.52. The van der Waals surface area contributed by atoms with Gasteiger partial charge in [0.15, 0.2) is 0 Å². The number of nitrogens with one attached hydrogen (secondary N) is 1. The van der Waals surface area contributed by atoms with Gasteiger partial charge in [0, 0.05) is 29.4 Å². The van der Waals surface area contributed by atoms with Gasteiger partial charge in [-0.15, -0.1) is 11.3 Å². The molecule has 31 heavy (non-hydrogen) atoms. The molecule has 2 aromatic carbocycles. The monoisotopic (exact) mass is 454 g/mol. The van der Waals surface area contributed by atoms with Crippen molar-refractivity contribution in [2.24, 2.45) is 5.92 Å². The van der Waals surface area contributed by atoms with Crippen LogP contribution in [0.1, 0.15) is 18.4 Å². The first kappa shape index (κ1) is 20.2. The normalized spacial score (nSPS) is 16.7. The minimum Gasteiger partial charge on any atom is -0.355 e. The minimum atomic E-state index is -0.273. The van der Waals surface area contributed by atoms with Crippen LogP contribution in [0.15, 0.2) is 48.8 Å². The van der Waals surface area contributed by atoms with Gasteiger partial charge in [-0.3, -0.25) is 4.79 Å². The van der Waals surface area contributed by atoms with Crippen molar-refractivity contribution in [2.75, 3.05) is 18.0 Å². The molecule has 0 radical (unpaired) electrons. The number of amides is 1. The number of hydrogen-bond acceptors (Lipinski definition) is 5. The van der Waals surface area contributed by atoms with Gasteiger partial charge in [-0.25, -0.2) is 14.4 Å². The number of carbonyl (C=O) groups excluding carboxylic acids is 1.